The van der Waals surface area contributed by atoms with E-state index in [1.165, 1.54) is 23.7 Å². The van der Waals surface area contributed by atoms with Crippen molar-refractivity contribution in [3.8, 4) is 0 Å². The molecule has 0 saturated carbocycles. The lowest BCUT2D eigenvalue weighted by Gasteiger charge is -2.32. The number of carbonyl (C=O) groups is 2. The summed E-state index contributed by atoms with van der Waals surface area (Å²) < 4.78 is 7.30. The molecule has 2 aromatic heterocycles. The number of hydrogen-bond acceptors (Lipinski definition) is 5. The number of carboxylic acid groups (broad SMARTS) is 1. The standard InChI is InChI=1S/C21H22N4O4/c26-20(9-15-12-29-19-8-14-4-1-3-13(14)7-17(15)19)24-6-2-5-16(10-24)25-11-18(21(27)28)22-23-25/h7-8,11-12,16H,1-6,9-10H2,(H,27,28). The first-order valence-corrected chi connectivity index (χ1v) is 10.0. The molecule has 29 heavy (non-hydrogen) atoms. The number of fused-ring (bicyclic) bond motifs is 2. The first-order chi connectivity index (χ1) is 14.1. The summed E-state index contributed by atoms with van der Waals surface area (Å²) in [5.41, 5.74) is 4.43. The van der Waals surface area contributed by atoms with Gasteiger partial charge in [-0.25, -0.2) is 9.48 Å². The number of hydrogen-bond donors (Lipinski definition) is 1. The lowest BCUT2D eigenvalue weighted by Crippen LogP contribution is -2.41. The molecular formula is C21H22N4O4. The number of aromatic nitrogens is 3. The summed E-state index contributed by atoms with van der Waals surface area (Å²) in [7, 11) is 0. The number of carbonyl (C=O) groups excluding carboxylic acids is 1. The number of rotatable bonds is 4. The molecule has 3 aromatic rings. The molecule has 150 valence electrons. The van der Waals surface area contributed by atoms with Gasteiger partial charge in [0.05, 0.1) is 24.9 Å². The SMILES string of the molecule is O=C(O)c1cn(C2CCCN(C(=O)Cc3coc4cc5c(cc34)CCC5)C2)nn1. The summed E-state index contributed by atoms with van der Waals surface area (Å²) >= 11 is 0. The molecule has 1 unspecified atom stereocenters. The third-order valence-electron chi connectivity index (χ3n) is 6.06. The number of aromatic carboxylic acids is 1. The zero-order valence-corrected chi connectivity index (χ0v) is 16.0. The van der Waals surface area contributed by atoms with Gasteiger partial charge in [-0.3, -0.25) is 4.79 Å². The van der Waals surface area contributed by atoms with Crippen molar-refractivity contribution in [2.75, 3.05) is 13.1 Å². The highest BCUT2D eigenvalue weighted by Gasteiger charge is 2.27. The molecule has 1 aromatic carbocycles. The van der Waals surface area contributed by atoms with Gasteiger partial charge in [0.25, 0.3) is 0 Å². The number of aryl methyl sites for hydroxylation is 2. The van der Waals surface area contributed by atoms with Crippen molar-refractivity contribution in [2.24, 2.45) is 0 Å². The molecule has 2 aliphatic rings. The lowest BCUT2D eigenvalue weighted by molar-refractivity contribution is -0.132. The van der Waals surface area contributed by atoms with E-state index in [-0.39, 0.29) is 17.6 Å². The molecule has 1 saturated heterocycles. The summed E-state index contributed by atoms with van der Waals surface area (Å²) in [4.78, 5) is 25.8. The highest BCUT2D eigenvalue weighted by Crippen LogP contribution is 2.31. The fourth-order valence-electron chi connectivity index (χ4n) is 4.51. The molecule has 1 amide bonds. The molecule has 1 N–H and O–H groups in total. The average Bonchev–Trinajstić information content (AvgIpc) is 3.46. The molecule has 0 bridgehead atoms. The van der Waals surface area contributed by atoms with Gasteiger partial charge in [0, 0.05) is 24.0 Å². The lowest BCUT2D eigenvalue weighted by atomic mass is 10.0. The maximum Gasteiger partial charge on any atom is 0.358 e. The minimum Gasteiger partial charge on any atom is -0.476 e. The zero-order chi connectivity index (χ0) is 20.0. The van der Waals surface area contributed by atoms with E-state index in [4.69, 9.17) is 9.52 Å². The van der Waals surface area contributed by atoms with Gasteiger partial charge < -0.3 is 14.4 Å². The Kier molecular flexibility index (Phi) is 4.34. The molecule has 0 spiro atoms. The smallest absolute Gasteiger partial charge is 0.358 e. The van der Waals surface area contributed by atoms with Crippen LogP contribution in [-0.4, -0.2) is 50.0 Å². The Labute approximate surface area is 167 Å². The molecular weight excluding hydrogens is 372 g/mol. The highest BCUT2D eigenvalue weighted by atomic mass is 16.4. The van der Waals surface area contributed by atoms with Gasteiger partial charge >= 0.3 is 5.97 Å². The van der Waals surface area contributed by atoms with Crippen LogP contribution in [0.15, 0.2) is 29.0 Å². The Morgan fingerprint density at radius 3 is 2.83 bits per heavy atom. The van der Waals surface area contributed by atoms with Crippen molar-refractivity contribution in [1.29, 1.82) is 0 Å². The van der Waals surface area contributed by atoms with Gasteiger partial charge in [-0.1, -0.05) is 5.21 Å². The van der Waals surface area contributed by atoms with Crippen LogP contribution in [0.4, 0.5) is 0 Å². The molecule has 1 fully saturated rings. The molecule has 8 heteroatoms. The van der Waals surface area contributed by atoms with Crippen LogP contribution in [0.2, 0.25) is 0 Å². The number of likely N-dealkylation sites (tertiary alicyclic amines) is 1. The van der Waals surface area contributed by atoms with Crippen LogP contribution in [0.1, 0.15) is 52.5 Å². The molecule has 1 aliphatic heterocycles. The Hall–Kier alpha value is -3.16. The van der Waals surface area contributed by atoms with Gasteiger partial charge in [0.1, 0.15) is 5.58 Å². The summed E-state index contributed by atoms with van der Waals surface area (Å²) in [6.07, 6.45) is 8.49. The predicted molar refractivity (Wildman–Crippen MR) is 104 cm³/mol. The number of furan rings is 1. The largest absolute Gasteiger partial charge is 0.476 e. The first kappa shape index (κ1) is 17.9. The van der Waals surface area contributed by atoms with Crippen molar-refractivity contribution in [2.45, 2.75) is 44.6 Å². The summed E-state index contributed by atoms with van der Waals surface area (Å²) in [5, 5.41) is 17.7. The number of carboxylic acids is 1. The molecule has 5 rings (SSSR count). The first-order valence-electron chi connectivity index (χ1n) is 10.0. The molecule has 0 radical (unpaired) electrons. The van der Waals surface area contributed by atoms with E-state index in [0.29, 0.717) is 19.5 Å². The quantitative estimate of drug-likeness (QED) is 0.730. The fourth-order valence-corrected chi connectivity index (χ4v) is 4.51. The van der Waals surface area contributed by atoms with Crippen LogP contribution >= 0.6 is 0 Å². The van der Waals surface area contributed by atoms with Gasteiger partial charge in [-0.05, 0) is 55.4 Å². The fraction of sp³-hybridized carbons (Fsp3) is 0.429. The van der Waals surface area contributed by atoms with E-state index >= 15 is 0 Å². The molecule has 3 heterocycles. The topological polar surface area (TPSA) is 101 Å². The van der Waals surface area contributed by atoms with Crippen molar-refractivity contribution >= 4 is 22.8 Å². The summed E-state index contributed by atoms with van der Waals surface area (Å²) in [5.74, 6) is -1.05. The van der Waals surface area contributed by atoms with Gasteiger partial charge in [-0.15, -0.1) is 5.10 Å². The van der Waals surface area contributed by atoms with Crippen LogP contribution in [0.3, 0.4) is 0 Å². The van der Waals surface area contributed by atoms with Crippen molar-refractivity contribution in [3.05, 3.63) is 47.0 Å². The van der Waals surface area contributed by atoms with E-state index in [9.17, 15) is 9.59 Å². The van der Waals surface area contributed by atoms with E-state index in [2.05, 4.69) is 22.4 Å². The van der Waals surface area contributed by atoms with Crippen molar-refractivity contribution in [3.63, 3.8) is 0 Å². The third kappa shape index (κ3) is 3.28. The molecule has 1 aliphatic carbocycles. The van der Waals surface area contributed by atoms with Gasteiger partial charge in [0.2, 0.25) is 5.91 Å². The van der Waals surface area contributed by atoms with Gasteiger partial charge in [-0.2, -0.15) is 0 Å². The van der Waals surface area contributed by atoms with Crippen molar-refractivity contribution in [1.82, 2.24) is 19.9 Å². The van der Waals surface area contributed by atoms with Crippen molar-refractivity contribution < 1.29 is 19.1 Å². The van der Waals surface area contributed by atoms with Gasteiger partial charge in [0.15, 0.2) is 5.69 Å². The normalized spacial score (nSPS) is 18.9. The number of amides is 1. The third-order valence-corrected chi connectivity index (χ3v) is 6.06. The predicted octanol–water partition coefficient (Wildman–Crippen LogP) is 2.62. The van der Waals surface area contributed by atoms with Crippen LogP contribution in [-0.2, 0) is 24.1 Å². The van der Waals surface area contributed by atoms with E-state index < -0.39 is 5.97 Å². The molecule has 8 nitrogen and oxygen atoms in total. The second-order valence-corrected chi connectivity index (χ2v) is 7.93. The maximum absolute atomic E-state index is 13.0. The van der Waals surface area contributed by atoms with Crippen LogP contribution in [0.5, 0.6) is 0 Å². The Balaban J connectivity index is 1.31. The number of nitrogens with zero attached hydrogens (tertiary/aromatic N) is 4. The molecule has 1 atom stereocenters. The van der Waals surface area contributed by atoms with Crippen LogP contribution in [0.25, 0.3) is 11.0 Å². The van der Waals surface area contributed by atoms with E-state index in [1.807, 2.05) is 4.90 Å². The second-order valence-electron chi connectivity index (χ2n) is 7.93. The number of piperidine rings is 1. The second kappa shape index (κ2) is 7.02. The maximum atomic E-state index is 13.0. The summed E-state index contributed by atoms with van der Waals surface area (Å²) in [6.45, 7) is 1.20. The van der Waals surface area contributed by atoms with E-state index in [1.54, 1.807) is 10.9 Å². The minimum absolute atomic E-state index is 0.0523. The zero-order valence-electron chi connectivity index (χ0n) is 16.0. The highest BCUT2D eigenvalue weighted by molar-refractivity contribution is 5.89. The van der Waals surface area contributed by atoms with Crippen LogP contribution < -0.4 is 0 Å². The monoisotopic (exact) mass is 394 g/mol. The Morgan fingerprint density at radius 1 is 1.21 bits per heavy atom. The van der Waals surface area contributed by atoms with Crippen LogP contribution in [0, 0.1) is 0 Å². The minimum atomic E-state index is -1.10. The number of benzene rings is 1. The van der Waals surface area contributed by atoms with E-state index in [0.717, 1.165) is 42.2 Å². The Bertz CT molecular complexity index is 1100. The summed E-state index contributed by atoms with van der Waals surface area (Å²) in [6, 6.07) is 4.25. The average molecular weight is 394 g/mol. The Morgan fingerprint density at radius 2 is 2.03 bits per heavy atom.